The molecule has 3 N–H and O–H groups in total. The molecule has 0 saturated heterocycles. The Balaban J connectivity index is 2.93. The second-order valence-corrected chi connectivity index (χ2v) is 5.28. The van der Waals surface area contributed by atoms with Crippen molar-refractivity contribution in [1.29, 1.82) is 0 Å². The Bertz CT molecular complexity index is 228. The second-order valence-electron chi connectivity index (χ2n) is 5.28. The third-order valence-corrected chi connectivity index (χ3v) is 4.21. The lowest BCUT2D eigenvalue weighted by Crippen LogP contribution is -2.57. The van der Waals surface area contributed by atoms with Crippen molar-refractivity contribution in [2.24, 2.45) is 17.1 Å². The first kappa shape index (κ1) is 13.9. The van der Waals surface area contributed by atoms with E-state index in [4.69, 9.17) is 15.2 Å². The number of methoxy groups -OCH3 is 2. The molecule has 0 aromatic rings. The van der Waals surface area contributed by atoms with Crippen LogP contribution in [-0.4, -0.2) is 37.8 Å². The molecule has 0 aromatic carbocycles. The van der Waals surface area contributed by atoms with Gasteiger partial charge in [0.15, 0.2) is 6.29 Å². The highest BCUT2D eigenvalue weighted by atomic mass is 16.7. The Kier molecular flexibility index (Phi) is 4.35. The van der Waals surface area contributed by atoms with Gasteiger partial charge >= 0.3 is 0 Å². The summed E-state index contributed by atoms with van der Waals surface area (Å²) in [6, 6.07) is 0. The van der Waals surface area contributed by atoms with Crippen LogP contribution in [-0.2, 0) is 9.47 Å². The number of aliphatic hydroxyl groups is 1. The number of hydrogen-bond acceptors (Lipinski definition) is 4. The summed E-state index contributed by atoms with van der Waals surface area (Å²) in [7, 11) is 3.09. The SMILES string of the molecule is COC(OC)C(C)(O)C1(CN)CCC(C)C1. The van der Waals surface area contributed by atoms with E-state index in [1.807, 2.05) is 0 Å². The Hall–Kier alpha value is -0.160. The summed E-state index contributed by atoms with van der Waals surface area (Å²) in [5.74, 6) is 0.601. The first-order valence-electron chi connectivity index (χ1n) is 5.91. The van der Waals surface area contributed by atoms with E-state index < -0.39 is 11.9 Å². The van der Waals surface area contributed by atoms with Crippen LogP contribution >= 0.6 is 0 Å². The molecule has 0 radical (unpaired) electrons. The minimum Gasteiger partial charge on any atom is -0.384 e. The molecule has 1 aliphatic carbocycles. The van der Waals surface area contributed by atoms with E-state index in [0.717, 1.165) is 19.3 Å². The first-order valence-corrected chi connectivity index (χ1v) is 5.91. The lowest BCUT2D eigenvalue weighted by atomic mass is 9.70. The smallest absolute Gasteiger partial charge is 0.185 e. The fraction of sp³-hybridized carbons (Fsp3) is 1.00. The van der Waals surface area contributed by atoms with Crippen LogP contribution in [0.15, 0.2) is 0 Å². The fourth-order valence-corrected chi connectivity index (χ4v) is 3.05. The zero-order valence-electron chi connectivity index (χ0n) is 10.8. The van der Waals surface area contributed by atoms with Gasteiger partial charge in [-0.3, -0.25) is 0 Å². The lowest BCUT2D eigenvalue weighted by molar-refractivity contribution is -0.249. The Morgan fingerprint density at radius 1 is 1.50 bits per heavy atom. The quantitative estimate of drug-likeness (QED) is 0.696. The second kappa shape index (κ2) is 5.00. The molecule has 4 nitrogen and oxygen atoms in total. The molecule has 0 amide bonds. The average molecular weight is 231 g/mol. The molecule has 1 aliphatic rings. The Labute approximate surface area is 98.1 Å². The van der Waals surface area contributed by atoms with E-state index in [2.05, 4.69) is 6.92 Å². The van der Waals surface area contributed by atoms with Crippen LogP contribution in [0.4, 0.5) is 0 Å². The standard InChI is InChI=1S/C12H25NO3/c1-9-5-6-12(7-9,8-13)11(2,14)10(15-3)16-4/h9-10,14H,5-8,13H2,1-4H3. The summed E-state index contributed by atoms with van der Waals surface area (Å²) >= 11 is 0. The molecular formula is C12H25NO3. The van der Waals surface area contributed by atoms with Crippen molar-refractivity contribution >= 4 is 0 Å². The van der Waals surface area contributed by atoms with Crippen molar-refractivity contribution in [2.45, 2.75) is 45.0 Å². The van der Waals surface area contributed by atoms with Crippen LogP contribution < -0.4 is 5.73 Å². The summed E-state index contributed by atoms with van der Waals surface area (Å²) < 4.78 is 10.4. The number of ether oxygens (including phenoxy) is 2. The molecular weight excluding hydrogens is 206 g/mol. The molecule has 0 bridgehead atoms. The monoisotopic (exact) mass is 231 g/mol. The van der Waals surface area contributed by atoms with E-state index >= 15 is 0 Å². The van der Waals surface area contributed by atoms with Crippen molar-refractivity contribution in [3.63, 3.8) is 0 Å². The summed E-state index contributed by atoms with van der Waals surface area (Å²) in [5, 5.41) is 10.7. The lowest BCUT2D eigenvalue weighted by Gasteiger charge is -2.45. The summed E-state index contributed by atoms with van der Waals surface area (Å²) in [6.45, 7) is 4.44. The maximum Gasteiger partial charge on any atom is 0.185 e. The van der Waals surface area contributed by atoms with Gasteiger partial charge in [-0.15, -0.1) is 0 Å². The predicted octanol–water partition coefficient (Wildman–Crippen LogP) is 1.12. The first-order chi connectivity index (χ1) is 7.43. The minimum absolute atomic E-state index is 0.289. The molecule has 16 heavy (non-hydrogen) atoms. The van der Waals surface area contributed by atoms with Gasteiger partial charge in [0.25, 0.3) is 0 Å². The third-order valence-electron chi connectivity index (χ3n) is 4.21. The van der Waals surface area contributed by atoms with Gasteiger partial charge in [-0.2, -0.15) is 0 Å². The van der Waals surface area contributed by atoms with Crippen molar-refractivity contribution in [1.82, 2.24) is 0 Å². The van der Waals surface area contributed by atoms with E-state index in [9.17, 15) is 5.11 Å². The normalized spacial score (nSPS) is 34.3. The van der Waals surface area contributed by atoms with Crippen LogP contribution in [0, 0.1) is 11.3 Å². The van der Waals surface area contributed by atoms with Crippen molar-refractivity contribution in [3.8, 4) is 0 Å². The Morgan fingerprint density at radius 3 is 2.38 bits per heavy atom. The van der Waals surface area contributed by atoms with Gasteiger partial charge in [0.05, 0.1) is 0 Å². The molecule has 0 spiro atoms. The Morgan fingerprint density at radius 2 is 2.06 bits per heavy atom. The highest BCUT2D eigenvalue weighted by molar-refractivity contribution is 5.03. The predicted molar refractivity (Wildman–Crippen MR) is 62.9 cm³/mol. The highest BCUT2D eigenvalue weighted by Crippen LogP contribution is 2.50. The minimum atomic E-state index is -1.05. The molecule has 0 aliphatic heterocycles. The van der Waals surface area contributed by atoms with Crippen LogP contribution in [0.1, 0.15) is 33.1 Å². The zero-order chi connectivity index (χ0) is 12.4. The number of rotatable bonds is 5. The number of nitrogens with two attached hydrogens (primary N) is 1. The summed E-state index contributed by atoms with van der Waals surface area (Å²) in [6.07, 6.45) is 2.34. The van der Waals surface area contributed by atoms with Gasteiger partial charge in [0.1, 0.15) is 5.60 Å². The molecule has 1 saturated carbocycles. The maximum absolute atomic E-state index is 10.7. The van der Waals surface area contributed by atoms with Gasteiger partial charge in [0, 0.05) is 26.2 Å². The molecule has 1 fully saturated rings. The van der Waals surface area contributed by atoms with E-state index in [0.29, 0.717) is 12.5 Å². The molecule has 3 unspecified atom stereocenters. The van der Waals surface area contributed by atoms with E-state index in [1.54, 1.807) is 21.1 Å². The highest BCUT2D eigenvalue weighted by Gasteiger charge is 2.54. The largest absolute Gasteiger partial charge is 0.384 e. The van der Waals surface area contributed by atoms with Gasteiger partial charge in [-0.25, -0.2) is 0 Å². The molecule has 4 heteroatoms. The molecule has 96 valence electrons. The molecule has 0 aromatic heterocycles. The summed E-state index contributed by atoms with van der Waals surface area (Å²) in [4.78, 5) is 0. The van der Waals surface area contributed by atoms with Crippen LogP contribution in [0.3, 0.4) is 0 Å². The van der Waals surface area contributed by atoms with Crippen molar-refractivity contribution < 1.29 is 14.6 Å². The van der Waals surface area contributed by atoms with Gasteiger partial charge in [-0.1, -0.05) is 13.3 Å². The van der Waals surface area contributed by atoms with Crippen LogP contribution in [0.25, 0.3) is 0 Å². The van der Waals surface area contributed by atoms with E-state index in [-0.39, 0.29) is 5.41 Å². The average Bonchev–Trinajstić information content (AvgIpc) is 2.63. The van der Waals surface area contributed by atoms with Crippen molar-refractivity contribution in [3.05, 3.63) is 0 Å². The maximum atomic E-state index is 10.7. The number of hydrogen-bond donors (Lipinski definition) is 2. The molecule has 0 heterocycles. The van der Waals surface area contributed by atoms with Gasteiger partial charge in [-0.05, 0) is 25.7 Å². The van der Waals surface area contributed by atoms with Gasteiger partial charge in [0.2, 0.25) is 0 Å². The zero-order valence-corrected chi connectivity index (χ0v) is 10.8. The molecule has 3 atom stereocenters. The van der Waals surface area contributed by atoms with Crippen LogP contribution in [0.2, 0.25) is 0 Å². The van der Waals surface area contributed by atoms with E-state index in [1.165, 1.54) is 0 Å². The van der Waals surface area contributed by atoms with Crippen molar-refractivity contribution in [2.75, 3.05) is 20.8 Å². The van der Waals surface area contributed by atoms with Crippen LogP contribution in [0.5, 0.6) is 0 Å². The fourth-order valence-electron chi connectivity index (χ4n) is 3.05. The topological polar surface area (TPSA) is 64.7 Å². The van der Waals surface area contributed by atoms with Gasteiger partial charge < -0.3 is 20.3 Å². The third kappa shape index (κ3) is 2.12. The molecule has 1 rings (SSSR count). The summed E-state index contributed by atoms with van der Waals surface area (Å²) in [5.41, 5.74) is 4.56.